The van der Waals surface area contributed by atoms with Crippen molar-refractivity contribution in [2.24, 2.45) is 18.4 Å². The number of piperidine rings is 1. The number of carbonyl (C=O) groups is 2. The third-order valence-electron chi connectivity index (χ3n) is 8.64. The van der Waals surface area contributed by atoms with E-state index < -0.39 is 54.6 Å². The summed E-state index contributed by atoms with van der Waals surface area (Å²) in [7, 11) is 1.62. The topological polar surface area (TPSA) is 79.3 Å². The molecule has 270 valence electrons. The molecule has 49 heavy (non-hydrogen) atoms. The number of benzene rings is 2. The van der Waals surface area contributed by atoms with Gasteiger partial charge in [-0.3, -0.25) is 9.59 Å². The average molecular weight is 749 g/mol. The van der Waals surface area contributed by atoms with Crippen LogP contribution in [-0.4, -0.2) is 59.5 Å². The highest BCUT2D eigenvalue weighted by molar-refractivity contribution is 6.36. The quantitative estimate of drug-likeness (QED) is 0.217. The van der Waals surface area contributed by atoms with Gasteiger partial charge in [0.1, 0.15) is 11.2 Å². The molecular weight excluding hydrogens is 716 g/mol. The minimum atomic E-state index is -4.80. The van der Waals surface area contributed by atoms with E-state index in [0.29, 0.717) is 16.9 Å². The molecule has 2 amide bonds. The molecule has 3 aromatic rings. The van der Waals surface area contributed by atoms with Crippen molar-refractivity contribution in [3.63, 3.8) is 0 Å². The first-order valence-electron chi connectivity index (χ1n) is 15.0. The second-order valence-corrected chi connectivity index (χ2v) is 13.1. The maximum atomic E-state index is 13.3. The Morgan fingerprint density at radius 2 is 1.59 bits per heavy atom. The molecule has 4 rings (SSSR count). The number of nitrogens with zero attached hydrogens (tertiary/aromatic N) is 3. The minimum Gasteiger partial charge on any atom is -0.371 e. The number of rotatable bonds is 9. The van der Waals surface area contributed by atoms with E-state index in [0.717, 1.165) is 13.8 Å². The summed E-state index contributed by atoms with van der Waals surface area (Å²) in [5, 5.41) is 4.71. The van der Waals surface area contributed by atoms with E-state index in [1.54, 1.807) is 16.5 Å². The lowest BCUT2D eigenvalue weighted by molar-refractivity contribution is -0.211. The Balaban J connectivity index is 1.66. The fourth-order valence-electron chi connectivity index (χ4n) is 5.37. The van der Waals surface area contributed by atoms with E-state index in [4.69, 9.17) is 23.2 Å². The number of aromatic nitrogens is 2. The third kappa shape index (κ3) is 8.67. The number of carbonyl (C=O) groups excluding carboxylic acids is 2. The monoisotopic (exact) mass is 747 g/mol. The smallest absolute Gasteiger partial charge is 0.371 e. The highest BCUT2D eigenvalue weighted by atomic mass is 35.5. The SMILES string of the molecule is Cn1c(Cc2c(Cl)ccc(CNC(=O)C(C)(C)C(F)(F)F)c2Cl)nc2cc(C(=O)NCCC(F)(F)F)c(N3CCC(C(F)(F)F)CC3)cc21. The Kier molecular flexibility index (Phi) is 11.0. The van der Waals surface area contributed by atoms with Gasteiger partial charge in [-0.1, -0.05) is 29.3 Å². The van der Waals surface area contributed by atoms with Crippen molar-refractivity contribution >= 4 is 51.7 Å². The Bertz CT molecular complexity index is 1710. The predicted molar refractivity (Wildman–Crippen MR) is 166 cm³/mol. The molecule has 0 spiro atoms. The molecule has 1 saturated heterocycles. The fraction of sp³-hybridized carbons (Fsp3) is 0.516. The van der Waals surface area contributed by atoms with Crippen molar-refractivity contribution in [3.05, 3.63) is 56.8 Å². The molecule has 0 saturated carbocycles. The number of amides is 2. The van der Waals surface area contributed by atoms with Crippen LogP contribution in [0.15, 0.2) is 24.3 Å². The van der Waals surface area contributed by atoms with Crippen LogP contribution >= 0.6 is 23.2 Å². The van der Waals surface area contributed by atoms with Gasteiger partial charge in [0.25, 0.3) is 5.91 Å². The van der Waals surface area contributed by atoms with Gasteiger partial charge in [0.2, 0.25) is 5.91 Å². The standard InChI is InChI=1S/C31H32Cl2F9N5O2/c1-28(2,31(40,41)42)27(49)44-15-16-4-5-20(32)18(25(16)33)13-24-45-21-12-19(26(48)43-9-8-29(34,35)36)22(14-23(21)46(24)3)47-10-6-17(7-11-47)30(37,38)39/h4-5,12,14,17H,6-11,13,15H2,1-3H3,(H,43,48)(H,44,49). The molecule has 1 aliphatic rings. The van der Waals surface area contributed by atoms with E-state index in [1.165, 1.54) is 24.3 Å². The number of hydrogen-bond donors (Lipinski definition) is 2. The van der Waals surface area contributed by atoms with Crippen molar-refractivity contribution in [1.29, 1.82) is 0 Å². The summed E-state index contributed by atoms with van der Waals surface area (Å²) in [6.45, 7) is 0.318. The van der Waals surface area contributed by atoms with Crippen molar-refractivity contribution in [2.75, 3.05) is 24.5 Å². The number of imidazole rings is 1. The summed E-state index contributed by atoms with van der Waals surface area (Å²) >= 11 is 13.0. The van der Waals surface area contributed by atoms with Crippen LogP contribution in [0.1, 0.15) is 60.4 Å². The number of alkyl halides is 9. The van der Waals surface area contributed by atoms with Gasteiger partial charge in [-0.2, -0.15) is 39.5 Å². The van der Waals surface area contributed by atoms with Gasteiger partial charge in [-0.15, -0.1) is 0 Å². The van der Waals surface area contributed by atoms with Gasteiger partial charge >= 0.3 is 18.5 Å². The summed E-state index contributed by atoms with van der Waals surface area (Å²) < 4.78 is 120. The summed E-state index contributed by atoms with van der Waals surface area (Å²) in [4.78, 5) is 31.6. The Morgan fingerprint density at radius 1 is 0.959 bits per heavy atom. The summed E-state index contributed by atoms with van der Waals surface area (Å²) in [6.07, 6.45) is -15.5. The van der Waals surface area contributed by atoms with E-state index in [2.05, 4.69) is 15.6 Å². The van der Waals surface area contributed by atoms with Gasteiger partial charge in [-0.05, 0) is 56.0 Å². The summed E-state index contributed by atoms with van der Waals surface area (Å²) in [5.41, 5.74) is -1.22. The molecule has 2 heterocycles. The number of hydrogen-bond acceptors (Lipinski definition) is 4. The molecule has 2 N–H and O–H groups in total. The minimum absolute atomic E-state index is 0.0297. The van der Waals surface area contributed by atoms with Crippen LogP contribution in [0.2, 0.25) is 10.0 Å². The summed E-state index contributed by atoms with van der Waals surface area (Å²) in [5.74, 6) is -3.32. The first kappa shape index (κ1) is 38.4. The zero-order chi connectivity index (χ0) is 36.7. The van der Waals surface area contributed by atoms with Crippen LogP contribution in [0.3, 0.4) is 0 Å². The summed E-state index contributed by atoms with van der Waals surface area (Å²) in [6, 6.07) is 5.79. The molecule has 18 heteroatoms. The molecule has 0 aliphatic carbocycles. The maximum absolute atomic E-state index is 13.3. The van der Waals surface area contributed by atoms with Crippen LogP contribution < -0.4 is 15.5 Å². The third-order valence-corrected chi connectivity index (χ3v) is 9.47. The largest absolute Gasteiger partial charge is 0.402 e. The number of halogens is 11. The van der Waals surface area contributed by atoms with Crippen LogP contribution in [0.4, 0.5) is 45.2 Å². The van der Waals surface area contributed by atoms with Gasteiger partial charge in [-0.25, -0.2) is 4.98 Å². The lowest BCUT2D eigenvalue weighted by atomic mass is 9.91. The van der Waals surface area contributed by atoms with Gasteiger partial charge in [0, 0.05) is 44.7 Å². The van der Waals surface area contributed by atoms with E-state index >= 15 is 0 Å². The van der Waals surface area contributed by atoms with Crippen molar-refractivity contribution < 1.29 is 49.1 Å². The fourth-order valence-corrected chi connectivity index (χ4v) is 5.94. The number of fused-ring (bicyclic) bond motifs is 1. The van der Waals surface area contributed by atoms with Crippen molar-refractivity contribution in [1.82, 2.24) is 20.2 Å². The maximum Gasteiger partial charge on any atom is 0.402 e. The second kappa shape index (κ2) is 14.1. The Morgan fingerprint density at radius 3 is 2.16 bits per heavy atom. The molecule has 7 nitrogen and oxygen atoms in total. The van der Waals surface area contributed by atoms with Crippen LogP contribution in [0.5, 0.6) is 0 Å². The second-order valence-electron chi connectivity index (χ2n) is 12.4. The lowest BCUT2D eigenvalue weighted by Gasteiger charge is -2.35. The van der Waals surface area contributed by atoms with Gasteiger partial charge < -0.3 is 20.1 Å². The molecule has 0 radical (unpaired) electrons. The molecule has 0 bridgehead atoms. The molecule has 1 aromatic heterocycles. The zero-order valence-corrected chi connectivity index (χ0v) is 27.9. The Hall–Kier alpha value is -3.40. The highest BCUT2D eigenvalue weighted by Gasteiger charge is 2.52. The first-order valence-corrected chi connectivity index (χ1v) is 15.7. The van der Waals surface area contributed by atoms with E-state index in [-0.39, 0.29) is 71.3 Å². The van der Waals surface area contributed by atoms with Crippen LogP contribution in [-0.2, 0) is 24.8 Å². The molecule has 1 aliphatic heterocycles. The normalized spacial score (nSPS) is 15.2. The number of aryl methyl sites for hydroxylation is 1. The molecule has 0 atom stereocenters. The van der Waals surface area contributed by atoms with Gasteiger partial charge in [0.15, 0.2) is 0 Å². The highest BCUT2D eigenvalue weighted by Crippen LogP contribution is 2.39. The van der Waals surface area contributed by atoms with E-state index in [9.17, 15) is 49.1 Å². The number of anilines is 1. The van der Waals surface area contributed by atoms with Crippen molar-refractivity contribution in [2.45, 2.75) is 64.6 Å². The molecule has 1 fully saturated rings. The van der Waals surface area contributed by atoms with Gasteiger partial charge in [0.05, 0.1) is 39.6 Å². The molecule has 0 unspecified atom stereocenters. The molecule has 2 aromatic carbocycles. The average Bonchev–Trinajstić information content (AvgIpc) is 3.30. The lowest BCUT2D eigenvalue weighted by Crippen LogP contribution is -2.46. The first-order chi connectivity index (χ1) is 22.5. The predicted octanol–water partition coefficient (Wildman–Crippen LogP) is 8.14. The molecular formula is C31H32Cl2F9N5O2. The van der Waals surface area contributed by atoms with E-state index in [1.807, 2.05) is 0 Å². The number of nitrogens with one attached hydrogen (secondary N) is 2. The van der Waals surface area contributed by atoms with Crippen LogP contribution in [0.25, 0.3) is 11.0 Å². The van der Waals surface area contributed by atoms with Crippen LogP contribution in [0, 0.1) is 11.3 Å². The Labute approximate surface area is 285 Å². The zero-order valence-electron chi connectivity index (χ0n) is 26.4. The van der Waals surface area contributed by atoms with Crippen molar-refractivity contribution in [3.8, 4) is 0 Å².